The Morgan fingerprint density at radius 3 is 1.95 bits per heavy atom. The molecule has 0 aromatic heterocycles. The van der Waals surface area contributed by atoms with Crippen molar-refractivity contribution in [2.75, 3.05) is 28.4 Å². The third-order valence-corrected chi connectivity index (χ3v) is 5.51. The molecule has 0 aliphatic carbocycles. The van der Waals surface area contributed by atoms with Crippen LogP contribution >= 0.6 is 16.2 Å². The average Bonchev–Trinajstić information content (AvgIpc) is 2.48. The molecule has 0 spiro atoms. The van der Waals surface area contributed by atoms with Crippen LogP contribution in [0, 0.1) is 0 Å². The van der Waals surface area contributed by atoms with Gasteiger partial charge in [0.1, 0.15) is 0 Å². The lowest BCUT2D eigenvalue weighted by Gasteiger charge is -2.26. The van der Waals surface area contributed by atoms with Crippen molar-refractivity contribution in [3.05, 3.63) is 35.9 Å². The molecule has 8 heteroatoms. The lowest BCUT2D eigenvalue weighted by molar-refractivity contribution is 0.152. The molecule has 0 aliphatic rings. The van der Waals surface area contributed by atoms with Gasteiger partial charge in [-0.2, -0.15) is 0 Å². The standard InChI is InChI=1S/C11H18O6P2/c1-13-18(14-2)17-11(19(12,15-3)16-4)10-8-6-5-7-9-10/h5-9,11H,1-4H3. The second-order valence-corrected chi connectivity index (χ2v) is 7.03. The maximum Gasteiger partial charge on any atom is 0.363 e. The monoisotopic (exact) mass is 308 g/mol. The first-order valence-corrected chi connectivity index (χ1v) is 8.13. The topological polar surface area (TPSA) is 63.2 Å². The van der Waals surface area contributed by atoms with Crippen molar-refractivity contribution in [2.45, 2.75) is 5.85 Å². The summed E-state index contributed by atoms with van der Waals surface area (Å²) in [5, 5.41) is 0. The molecule has 0 radical (unpaired) electrons. The Labute approximate surface area is 114 Å². The fourth-order valence-corrected chi connectivity index (χ4v) is 3.80. The summed E-state index contributed by atoms with van der Waals surface area (Å²) in [5.41, 5.74) is 0.663. The maximum absolute atomic E-state index is 12.5. The van der Waals surface area contributed by atoms with E-state index in [4.69, 9.17) is 22.6 Å². The van der Waals surface area contributed by atoms with E-state index >= 15 is 0 Å². The third-order valence-electron chi connectivity index (χ3n) is 2.36. The van der Waals surface area contributed by atoms with Crippen molar-refractivity contribution in [3.63, 3.8) is 0 Å². The van der Waals surface area contributed by atoms with Gasteiger partial charge in [0.2, 0.25) is 0 Å². The van der Waals surface area contributed by atoms with Gasteiger partial charge in [-0.25, -0.2) is 0 Å². The molecule has 0 aliphatic heterocycles. The first kappa shape index (κ1) is 16.7. The van der Waals surface area contributed by atoms with Gasteiger partial charge >= 0.3 is 16.2 Å². The zero-order valence-corrected chi connectivity index (χ0v) is 13.1. The van der Waals surface area contributed by atoms with Crippen LogP contribution in [0.15, 0.2) is 30.3 Å². The number of benzene rings is 1. The van der Waals surface area contributed by atoms with Crippen LogP contribution in [0.25, 0.3) is 0 Å². The van der Waals surface area contributed by atoms with Crippen LogP contribution in [0.2, 0.25) is 0 Å². The van der Waals surface area contributed by atoms with Gasteiger partial charge in [0.15, 0.2) is 5.85 Å². The molecule has 108 valence electrons. The van der Waals surface area contributed by atoms with Gasteiger partial charge in [0.05, 0.1) is 0 Å². The molecule has 1 aromatic carbocycles. The fourth-order valence-electron chi connectivity index (χ4n) is 1.43. The minimum absolute atomic E-state index is 0.663. The summed E-state index contributed by atoms with van der Waals surface area (Å²) >= 11 is 0. The summed E-state index contributed by atoms with van der Waals surface area (Å²) < 4.78 is 38.2. The van der Waals surface area contributed by atoms with Crippen LogP contribution in [-0.2, 0) is 27.2 Å². The summed E-state index contributed by atoms with van der Waals surface area (Å²) in [4.78, 5) is 0. The number of hydrogen-bond acceptors (Lipinski definition) is 6. The minimum Gasteiger partial charge on any atom is -0.316 e. The Balaban J connectivity index is 3.08. The minimum atomic E-state index is -3.46. The highest BCUT2D eigenvalue weighted by Gasteiger charge is 2.39. The molecule has 1 atom stereocenters. The van der Waals surface area contributed by atoms with E-state index in [9.17, 15) is 4.57 Å². The molecular formula is C11H18O6P2. The fraction of sp³-hybridized carbons (Fsp3) is 0.455. The highest BCUT2D eigenvalue weighted by molar-refractivity contribution is 7.54. The van der Waals surface area contributed by atoms with E-state index in [0.717, 1.165) is 0 Å². The van der Waals surface area contributed by atoms with E-state index in [-0.39, 0.29) is 0 Å². The molecule has 1 aromatic rings. The summed E-state index contributed by atoms with van der Waals surface area (Å²) in [6.45, 7) is 0. The number of hydrogen-bond donors (Lipinski definition) is 0. The van der Waals surface area contributed by atoms with Crippen LogP contribution in [0.1, 0.15) is 11.4 Å². The van der Waals surface area contributed by atoms with E-state index in [1.165, 1.54) is 28.4 Å². The van der Waals surface area contributed by atoms with Crippen molar-refractivity contribution < 1.29 is 27.2 Å². The van der Waals surface area contributed by atoms with E-state index < -0.39 is 22.0 Å². The molecule has 0 N–H and O–H groups in total. The van der Waals surface area contributed by atoms with Crippen LogP contribution in [-0.4, -0.2) is 28.4 Å². The van der Waals surface area contributed by atoms with Gasteiger partial charge in [-0.15, -0.1) is 0 Å². The van der Waals surface area contributed by atoms with Gasteiger partial charge < -0.3 is 18.1 Å². The molecule has 0 saturated carbocycles. The average molecular weight is 308 g/mol. The molecule has 1 unspecified atom stereocenters. The predicted octanol–water partition coefficient (Wildman–Crippen LogP) is 3.71. The van der Waals surface area contributed by atoms with Crippen molar-refractivity contribution in [3.8, 4) is 0 Å². The smallest absolute Gasteiger partial charge is 0.316 e. The zero-order valence-electron chi connectivity index (χ0n) is 11.3. The van der Waals surface area contributed by atoms with Gasteiger partial charge in [-0.3, -0.25) is 9.09 Å². The largest absolute Gasteiger partial charge is 0.363 e. The van der Waals surface area contributed by atoms with Gasteiger partial charge in [-0.1, -0.05) is 30.3 Å². The van der Waals surface area contributed by atoms with Crippen LogP contribution in [0.3, 0.4) is 0 Å². The van der Waals surface area contributed by atoms with Crippen molar-refractivity contribution in [1.29, 1.82) is 0 Å². The third kappa shape index (κ3) is 4.33. The quantitative estimate of drug-likeness (QED) is 0.682. The molecular weight excluding hydrogens is 290 g/mol. The molecule has 0 bridgehead atoms. The van der Waals surface area contributed by atoms with Crippen molar-refractivity contribution >= 4 is 16.2 Å². The van der Waals surface area contributed by atoms with Crippen molar-refractivity contribution in [2.24, 2.45) is 0 Å². The van der Waals surface area contributed by atoms with E-state index in [1.54, 1.807) is 12.1 Å². The summed E-state index contributed by atoms with van der Waals surface area (Å²) in [7, 11) is 0.428. The first-order valence-electron chi connectivity index (χ1n) is 5.42. The van der Waals surface area contributed by atoms with Gasteiger partial charge in [0.25, 0.3) is 0 Å². The molecule has 1 rings (SSSR count). The zero-order chi connectivity index (χ0) is 14.3. The van der Waals surface area contributed by atoms with E-state index in [0.29, 0.717) is 5.56 Å². The molecule has 0 fully saturated rings. The second kappa shape index (κ2) is 8.08. The second-order valence-electron chi connectivity index (χ2n) is 3.36. The lowest BCUT2D eigenvalue weighted by Crippen LogP contribution is -2.07. The highest BCUT2D eigenvalue weighted by Crippen LogP contribution is 2.64. The maximum atomic E-state index is 12.5. The first-order chi connectivity index (χ1) is 9.11. The molecule has 19 heavy (non-hydrogen) atoms. The molecule has 0 heterocycles. The molecule has 0 saturated heterocycles. The van der Waals surface area contributed by atoms with E-state index in [2.05, 4.69) is 0 Å². The number of rotatable bonds is 8. The van der Waals surface area contributed by atoms with Gasteiger partial charge in [-0.05, 0) is 5.56 Å². The Kier molecular flexibility index (Phi) is 7.11. The normalized spacial score (nSPS) is 13.7. The van der Waals surface area contributed by atoms with Crippen LogP contribution in [0.5, 0.6) is 0 Å². The van der Waals surface area contributed by atoms with Crippen LogP contribution in [0.4, 0.5) is 0 Å². The summed E-state index contributed by atoms with van der Waals surface area (Å²) in [6, 6.07) is 9.01. The van der Waals surface area contributed by atoms with Gasteiger partial charge in [0, 0.05) is 28.4 Å². The molecule has 0 amide bonds. The Morgan fingerprint density at radius 1 is 1.00 bits per heavy atom. The lowest BCUT2D eigenvalue weighted by atomic mass is 10.2. The Morgan fingerprint density at radius 2 is 1.53 bits per heavy atom. The summed E-state index contributed by atoms with van der Waals surface area (Å²) in [5.74, 6) is -0.908. The van der Waals surface area contributed by atoms with Crippen molar-refractivity contribution in [1.82, 2.24) is 0 Å². The SMILES string of the molecule is COP(OC)OC(c1ccccc1)P(=O)(OC)OC. The van der Waals surface area contributed by atoms with E-state index in [1.807, 2.05) is 18.2 Å². The molecule has 6 nitrogen and oxygen atoms in total. The van der Waals surface area contributed by atoms with Crippen LogP contribution < -0.4 is 0 Å². The highest BCUT2D eigenvalue weighted by atomic mass is 31.2. The Hall–Kier alpha value is -0.320. The Bertz CT molecular complexity index is 401. The predicted molar refractivity (Wildman–Crippen MR) is 72.8 cm³/mol. The summed E-state index contributed by atoms with van der Waals surface area (Å²) in [6.07, 6.45) is 0.